The summed E-state index contributed by atoms with van der Waals surface area (Å²) in [6.45, 7) is 0. The van der Waals surface area contributed by atoms with Crippen LogP contribution in [-0.4, -0.2) is 102 Å². The van der Waals surface area contributed by atoms with Crippen LogP contribution in [0, 0.1) is 0 Å². The molecule has 7 aromatic carbocycles. The minimum atomic E-state index is 0.897. The Hall–Kier alpha value is -4.56. The minimum Gasteiger partial charge on any atom is -0.456 e. The van der Waals surface area contributed by atoms with Crippen molar-refractivity contribution in [1.82, 2.24) is 0 Å². The maximum Gasteiger partial charge on any atom is 0.139 e. The Morgan fingerprint density at radius 1 is 0.296 bits per heavy atom. The van der Waals surface area contributed by atoms with Gasteiger partial charge in [0.15, 0.2) is 0 Å². The molecule has 1 heterocycles. The van der Waals surface area contributed by atoms with Gasteiger partial charge >= 0.3 is 0 Å². The van der Waals surface area contributed by atoms with Gasteiger partial charge in [0.05, 0.1) is 0 Å². The largest absolute Gasteiger partial charge is 0.456 e. The maximum absolute atomic E-state index is 6.26. The number of hydrogen-bond donors (Lipinski definition) is 0. The molecule has 0 aliphatic carbocycles. The molecule has 0 bridgehead atoms. The summed E-state index contributed by atoms with van der Waals surface area (Å²) in [4.78, 5) is 0. The zero-order chi connectivity index (χ0) is 38.5. The fraction of sp³-hybridized carbons (Fsp3) is 0. The van der Waals surface area contributed by atoms with E-state index >= 15 is 0 Å². The molecule has 0 atom stereocenters. The first-order valence-electron chi connectivity index (χ1n) is 19.5. The fourth-order valence-corrected chi connectivity index (χ4v) is 9.34. The molecule has 1 aromatic heterocycles. The predicted molar refractivity (Wildman–Crippen MR) is 279 cm³/mol. The van der Waals surface area contributed by atoms with Crippen molar-refractivity contribution in [2.75, 3.05) is 0 Å². The third-order valence-electron chi connectivity index (χ3n) is 13.7. The maximum atomic E-state index is 6.26. The number of hydrogen-bond acceptors (Lipinski definition) is 1. The van der Waals surface area contributed by atoms with E-state index in [1.54, 1.807) is 0 Å². The van der Waals surface area contributed by atoms with Crippen molar-refractivity contribution >= 4 is 206 Å². The van der Waals surface area contributed by atoms with Crippen molar-refractivity contribution in [3.8, 4) is 44.7 Å². The molecule has 1 nitrogen and oxygen atoms in total. The van der Waals surface area contributed by atoms with Gasteiger partial charge in [0.2, 0.25) is 0 Å². The normalized spacial score (nSPS) is 11.6. The van der Waals surface area contributed by atoms with Crippen LogP contribution in [0.4, 0.5) is 0 Å². The summed E-state index contributed by atoms with van der Waals surface area (Å²) in [7, 11) is 30.3. The summed E-state index contributed by atoms with van der Waals surface area (Å²) in [5, 5.41) is 6.70. The summed E-state index contributed by atoms with van der Waals surface area (Å²) in [6, 6.07) is 28.4. The van der Waals surface area contributed by atoms with Crippen molar-refractivity contribution < 1.29 is 4.42 Å². The Bertz CT molecular complexity index is 2790. The molecule has 244 valence electrons. The van der Waals surface area contributed by atoms with E-state index in [0.717, 1.165) is 22.3 Å². The van der Waals surface area contributed by atoms with Crippen molar-refractivity contribution in [3.05, 3.63) is 78.9 Å². The van der Waals surface area contributed by atoms with Crippen molar-refractivity contribution in [2.45, 2.75) is 0 Å². The molecular weight excluding hydrogens is 637 g/mol. The molecule has 0 unspecified atom stereocenters. The Balaban J connectivity index is 1.45. The van der Waals surface area contributed by atoms with Crippen LogP contribution in [0.5, 0.6) is 0 Å². The SMILES string of the molecule is Bc1c(B)c(B)c(-c2c3c(B)c(B)c(B)c(B)c3c(-c3ccc(-c4ccc5oc(-c6ccccc6)cc5c4)cc3)c3c(B)c(B)c(B)c(B)c23)c(B)c1B. The summed E-state index contributed by atoms with van der Waals surface area (Å²) in [5.74, 6) is 0.897. The van der Waals surface area contributed by atoms with E-state index in [1.807, 2.05) is 6.07 Å². The lowest BCUT2D eigenvalue weighted by molar-refractivity contribution is 0.631. The molecule has 8 aromatic rings. The zero-order valence-electron chi connectivity index (χ0n) is 34.4. The highest BCUT2D eigenvalue weighted by Gasteiger charge is 2.27. The van der Waals surface area contributed by atoms with Gasteiger partial charge in [0.1, 0.15) is 113 Å². The molecule has 0 saturated heterocycles. The molecule has 8 rings (SSSR count). The van der Waals surface area contributed by atoms with Crippen molar-refractivity contribution in [2.24, 2.45) is 0 Å². The third-order valence-corrected chi connectivity index (χ3v) is 13.7. The van der Waals surface area contributed by atoms with Gasteiger partial charge in [-0.2, -0.15) is 0 Å². The molecule has 0 aliphatic heterocycles. The van der Waals surface area contributed by atoms with Crippen molar-refractivity contribution in [3.63, 3.8) is 0 Å². The fourth-order valence-electron chi connectivity index (χ4n) is 9.34. The Labute approximate surface area is 331 Å². The Morgan fingerprint density at radius 3 is 1.20 bits per heavy atom. The van der Waals surface area contributed by atoms with E-state index in [2.05, 4.69) is 175 Å². The first-order valence-corrected chi connectivity index (χ1v) is 19.5. The molecule has 0 spiro atoms. The second-order valence-corrected chi connectivity index (χ2v) is 16.1. The van der Waals surface area contributed by atoms with E-state index in [4.69, 9.17) is 4.42 Å². The van der Waals surface area contributed by atoms with Crippen LogP contribution in [0.25, 0.3) is 77.2 Å². The predicted octanol–water partition coefficient (Wildman–Crippen LogP) is -11.2. The van der Waals surface area contributed by atoms with Gasteiger partial charge in [-0.3, -0.25) is 0 Å². The highest BCUT2D eigenvalue weighted by atomic mass is 16.3. The molecule has 0 radical (unpaired) electrons. The van der Waals surface area contributed by atoms with E-state index < -0.39 is 0 Å². The first kappa shape index (κ1) is 36.4. The van der Waals surface area contributed by atoms with Crippen LogP contribution in [0.3, 0.4) is 0 Å². The van der Waals surface area contributed by atoms with Gasteiger partial charge in [0.25, 0.3) is 0 Å². The van der Waals surface area contributed by atoms with Crippen LogP contribution >= 0.6 is 0 Å². The highest BCUT2D eigenvalue weighted by Crippen LogP contribution is 2.40. The molecule has 0 N–H and O–H groups in total. The summed E-state index contributed by atoms with van der Waals surface area (Å²) >= 11 is 0. The van der Waals surface area contributed by atoms with Crippen molar-refractivity contribution in [1.29, 1.82) is 0 Å². The first-order chi connectivity index (χ1) is 25.7. The molecule has 54 heavy (non-hydrogen) atoms. The lowest BCUT2D eigenvalue weighted by atomic mass is 9.56. The average Bonchev–Trinajstić information content (AvgIpc) is 3.62. The smallest absolute Gasteiger partial charge is 0.139 e. The van der Waals surface area contributed by atoms with Crippen LogP contribution in [-0.2, 0) is 0 Å². The van der Waals surface area contributed by atoms with Gasteiger partial charge in [-0.1, -0.05) is 93.4 Å². The summed E-state index contributed by atoms with van der Waals surface area (Å²) < 4.78 is 6.26. The standard InChI is InChI=1S/C40H39B13O/c41-28-23-21(16-8-6-14(7-9-16)17-10-11-19-18(12-17)13-20(54-19)15-4-2-1-3-5-15)24-26(31(44)37(50)35(48)29(24)42)22(25(23)30(43)36(49)34(28)47)27-32(45)38(51)40(53)39(52)33(27)46/h1-13H,41-53H2. The second-order valence-electron chi connectivity index (χ2n) is 16.1. The number of benzene rings is 7. The van der Waals surface area contributed by atoms with Crippen LogP contribution in [0.15, 0.2) is 83.3 Å². The number of fused-ring (bicyclic) bond motifs is 3. The topological polar surface area (TPSA) is 13.1 Å². The Kier molecular flexibility index (Phi) is 8.99. The third kappa shape index (κ3) is 5.34. The molecule has 0 saturated carbocycles. The van der Waals surface area contributed by atoms with Crippen LogP contribution < -0.4 is 71.0 Å². The van der Waals surface area contributed by atoms with Gasteiger partial charge in [-0.15, -0.1) is 38.2 Å². The summed E-state index contributed by atoms with van der Waals surface area (Å²) in [5.41, 5.74) is 27.9. The minimum absolute atomic E-state index is 0.897. The quantitative estimate of drug-likeness (QED) is 0.134. The average molecular weight is 676 g/mol. The van der Waals surface area contributed by atoms with E-state index in [9.17, 15) is 0 Å². The highest BCUT2D eigenvalue weighted by molar-refractivity contribution is 6.73. The summed E-state index contributed by atoms with van der Waals surface area (Å²) in [6.07, 6.45) is 0. The zero-order valence-corrected chi connectivity index (χ0v) is 34.4. The number of rotatable bonds is 4. The molecule has 0 aliphatic rings. The molecule has 0 amide bonds. The second kappa shape index (κ2) is 13.3. The Morgan fingerprint density at radius 2 is 0.704 bits per heavy atom. The van der Waals surface area contributed by atoms with E-state index in [-0.39, 0.29) is 0 Å². The van der Waals surface area contributed by atoms with E-state index in [0.29, 0.717) is 0 Å². The van der Waals surface area contributed by atoms with Gasteiger partial charge in [-0.05, 0) is 73.1 Å². The van der Waals surface area contributed by atoms with Crippen LogP contribution in [0.2, 0.25) is 0 Å². The molecule has 14 heteroatoms. The molecular formula is C40H39B13O. The van der Waals surface area contributed by atoms with Gasteiger partial charge < -0.3 is 4.42 Å². The van der Waals surface area contributed by atoms with Gasteiger partial charge in [-0.25, -0.2) is 0 Å². The lowest BCUT2D eigenvalue weighted by Gasteiger charge is -2.30. The van der Waals surface area contributed by atoms with E-state index in [1.165, 1.54) is 126 Å². The van der Waals surface area contributed by atoms with Crippen LogP contribution in [0.1, 0.15) is 0 Å². The molecule has 0 fully saturated rings. The lowest BCUT2D eigenvalue weighted by Crippen LogP contribution is -2.55. The number of furan rings is 1. The van der Waals surface area contributed by atoms with Gasteiger partial charge in [0, 0.05) is 10.9 Å². The monoisotopic (exact) mass is 678 g/mol.